The minimum Gasteiger partial charge on any atom is -0.504 e. The molecular formula is C13H19NO3. The topological polar surface area (TPSA) is 61.7 Å². The van der Waals surface area contributed by atoms with E-state index in [0.717, 1.165) is 25.2 Å². The van der Waals surface area contributed by atoms with E-state index >= 15 is 0 Å². The molecule has 0 spiro atoms. The maximum atomic E-state index is 9.38. The lowest BCUT2D eigenvalue weighted by atomic mass is 10.0. The van der Waals surface area contributed by atoms with Gasteiger partial charge in [-0.25, -0.2) is 0 Å². The third kappa shape index (κ3) is 3.11. The fourth-order valence-electron chi connectivity index (χ4n) is 2.07. The number of phenols is 2. The van der Waals surface area contributed by atoms with Gasteiger partial charge in [-0.15, -0.1) is 0 Å². The van der Waals surface area contributed by atoms with Crippen LogP contribution >= 0.6 is 0 Å². The third-order valence-electron chi connectivity index (χ3n) is 3.34. The van der Waals surface area contributed by atoms with Crippen LogP contribution in [0.4, 0.5) is 0 Å². The normalized spacial score (nSPS) is 21.6. The van der Waals surface area contributed by atoms with Crippen LogP contribution in [-0.2, 0) is 11.3 Å². The zero-order chi connectivity index (χ0) is 12.3. The summed E-state index contributed by atoms with van der Waals surface area (Å²) in [4.78, 5) is 0. The van der Waals surface area contributed by atoms with Crippen molar-refractivity contribution in [1.82, 2.24) is 5.32 Å². The molecule has 1 aromatic carbocycles. The number of phenolic OH excluding ortho intramolecular Hbond substituents is 2. The summed E-state index contributed by atoms with van der Waals surface area (Å²) in [5, 5.41) is 22.0. The first-order valence-corrected chi connectivity index (χ1v) is 5.99. The highest BCUT2D eigenvalue weighted by Crippen LogP contribution is 2.25. The Hall–Kier alpha value is -1.26. The zero-order valence-corrected chi connectivity index (χ0v) is 10.0. The van der Waals surface area contributed by atoms with Crippen LogP contribution < -0.4 is 5.32 Å². The molecule has 1 aliphatic heterocycles. The van der Waals surface area contributed by atoms with Crippen LogP contribution in [0.15, 0.2) is 18.2 Å². The highest BCUT2D eigenvalue weighted by Gasteiger charge is 2.21. The Kier molecular flexibility index (Phi) is 3.86. The van der Waals surface area contributed by atoms with E-state index in [1.165, 1.54) is 6.07 Å². The Morgan fingerprint density at radius 2 is 2.24 bits per heavy atom. The molecule has 3 N–H and O–H groups in total. The molecule has 0 saturated carbocycles. The molecule has 1 aliphatic rings. The van der Waals surface area contributed by atoms with Gasteiger partial charge in [-0.1, -0.05) is 6.07 Å². The molecular weight excluding hydrogens is 218 g/mol. The molecule has 0 radical (unpaired) electrons. The Bertz CT molecular complexity index is 375. The summed E-state index contributed by atoms with van der Waals surface area (Å²) < 4.78 is 5.35. The molecule has 4 nitrogen and oxygen atoms in total. The maximum absolute atomic E-state index is 9.38. The standard InChI is InChI=1S/C13H19NO3/c1-9(11-4-5-17-8-11)14-7-10-2-3-12(15)13(16)6-10/h2-3,6,9,11,14-16H,4-5,7-8H2,1H3. The van der Waals surface area contributed by atoms with Crippen LogP contribution in [0.5, 0.6) is 11.5 Å². The molecule has 4 heteroatoms. The predicted molar refractivity (Wildman–Crippen MR) is 65.0 cm³/mol. The van der Waals surface area contributed by atoms with Gasteiger partial charge in [0.1, 0.15) is 0 Å². The molecule has 2 atom stereocenters. The number of hydrogen-bond acceptors (Lipinski definition) is 4. The highest BCUT2D eigenvalue weighted by atomic mass is 16.5. The van der Waals surface area contributed by atoms with Crippen molar-refractivity contribution in [2.75, 3.05) is 13.2 Å². The van der Waals surface area contributed by atoms with E-state index < -0.39 is 0 Å². The molecule has 2 rings (SSSR count). The van der Waals surface area contributed by atoms with Gasteiger partial charge in [0.05, 0.1) is 6.61 Å². The number of hydrogen-bond donors (Lipinski definition) is 3. The third-order valence-corrected chi connectivity index (χ3v) is 3.34. The van der Waals surface area contributed by atoms with E-state index in [-0.39, 0.29) is 11.5 Å². The zero-order valence-electron chi connectivity index (χ0n) is 10.0. The van der Waals surface area contributed by atoms with Gasteiger partial charge in [-0.3, -0.25) is 0 Å². The Labute approximate surface area is 101 Å². The Morgan fingerprint density at radius 1 is 1.41 bits per heavy atom. The average molecular weight is 237 g/mol. The highest BCUT2D eigenvalue weighted by molar-refractivity contribution is 5.40. The van der Waals surface area contributed by atoms with Crippen molar-refractivity contribution in [2.45, 2.75) is 25.9 Å². The van der Waals surface area contributed by atoms with E-state index in [2.05, 4.69) is 12.2 Å². The predicted octanol–water partition coefficient (Wildman–Crippen LogP) is 1.61. The van der Waals surface area contributed by atoms with E-state index in [0.29, 0.717) is 18.5 Å². The van der Waals surface area contributed by atoms with Crippen LogP contribution in [0.3, 0.4) is 0 Å². The summed E-state index contributed by atoms with van der Waals surface area (Å²) >= 11 is 0. The number of benzene rings is 1. The van der Waals surface area contributed by atoms with Crippen LogP contribution in [0.1, 0.15) is 18.9 Å². The van der Waals surface area contributed by atoms with Crippen molar-refractivity contribution in [2.24, 2.45) is 5.92 Å². The van der Waals surface area contributed by atoms with Gasteiger partial charge in [-0.05, 0) is 37.0 Å². The molecule has 0 amide bonds. The smallest absolute Gasteiger partial charge is 0.157 e. The van der Waals surface area contributed by atoms with Gasteiger partial charge in [0, 0.05) is 19.2 Å². The first-order valence-electron chi connectivity index (χ1n) is 5.99. The fourth-order valence-corrected chi connectivity index (χ4v) is 2.07. The largest absolute Gasteiger partial charge is 0.504 e. The molecule has 0 aromatic heterocycles. The fraction of sp³-hybridized carbons (Fsp3) is 0.538. The van der Waals surface area contributed by atoms with Crippen molar-refractivity contribution in [3.05, 3.63) is 23.8 Å². The van der Waals surface area contributed by atoms with E-state index in [1.54, 1.807) is 12.1 Å². The van der Waals surface area contributed by atoms with Crippen molar-refractivity contribution < 1.29 is 14.9 Å². The summed E-state index contributed by atoms with van der Waals surface area (Å²) in [5.74, 6) is 0.424. The summed E-state index contributed by atoms with van der Waals surface area (Å²) in [5.41, 5.74) is 0.964. The maximum Gasteiger partial charge on any atom is 0.157 e. The van der Waals surface area contributed by atoms with Crippen molar-refractivity contribution in [1.29, 1.82) is 0 Å². The minimum absolute atomic E-state index is 0.0684. The summed E-state index contributed by atoms with van der Waals surface area (Å²) in [6.07, 6.45) is 1.11. The molecule has 0 bridgehead atoms. The van der Waals surface area contributed by atoms with Crippen LogP contribution in [0, 0.1) is 5.92 Å². The van der Waals surface area contributed by atoms with Gasteiger partial charge >= 0.3 is 0 Å². The lowest BCUT2D eigenvalue weighted by molar-refractivity contribution is 0.178. The number of rotatable bonds is 4. The van der Waals surface area contributed by atoms with Gasteiger partial charge in [0.25, 0.3) is 0 Å². The monoisotopic (exact) mass is 237 g/mol. The second-order valence-electron chi connectivity index (χ2n) is 4.62. The number of nitrogens with one attached hydrogen (secondary N) is 1. The van der Waals surface area contributed by atoms with Crippen LogP contribution in [-0.4, -0.2) is 29.5 Å². The molecule has 1 saturated heterocycles. The summed E-state index contributed by atoms with van der Waals surface area (Å²) in [6.45, 7) is 4.52. The summed E-state index contributed by atoms with van der Waals surface area (Å²) in [6, 6.07) is 5.30. The van der Waals surface area contributed by atoms with Crippen molar-refractivity contribution in [3.63, 3.8) is 0 Å². The van der Waals surface area contributed by atoms with E-state index in [9.17, 15) is 10.2 Å². The van der Waals surface area contributed by atoms with Crippen molar-refractivity contribution in [3.8, 4) is 11.5 Å². The average Bonchev–Trinajstić information content (AvgIpc) is 2.84. The first-order chi connectivity index (χ1) is 8.16. The SMILES string of the molecule is CC(NCc1ccc(O)c(O)c1)C1CCOC1. The molecule has 94 valence electrons. The lowest BCUT2D eigenvalue weighted by Gasteiger charge is -2.19. The second kappa shape index (κ2) is 5.38. The Balaban J connectivity index is 1.86. The van der Waals surface area contributed by atoms with E-state index in [4.69, 9.17) is 4.74 Å². The molecule has 0 aliphatic carbocycles. The quantitative estimate of drug-likeness (QED) is 0.696. The number of ether oxygens (including phenoxy) is 1. The Morgan fingerprint density at radius 3 is 2.88 bits per heavy atom. The molecule has 1 fully saturated rings. The van der Waals surface area contributed by atoms with Gasteiger partial charge in [-0.2, -0.15) is 0 Å². The number of aromatic hydroxyl groups is 2. The van der Waals surface area contributed by atoms with Gasteiger partial charge < -0.3 is 20.3 Å². The second-order valence-corrected chi connectivity index (χ2v) is 4.62. The molecule has 17 heavy (non-hydrogen) atoms. The lowest BCUT2D eigenvalue weighted by Crippen LogP contribution is -2.33. The molecule has 1 aromatic rings. The van der Waals surface area contributed by atoms with Crippen LogP contribution in [0.2, 0.25) is 0 Å². The molecule has 1 heterocycles. The van der Waals surface area contributed by atoms with Crippen LogP contribution in [0.25, 0.3) is 0 Å². The van der Waals surface area contributed by atoms with Crippen molar-refractivity contribution >= 4 is 0 Å². The first kappa shape index (κ1) is 12.2. The summed E-state index contributed by atoms with van der Waals surface area (Å²) in [7, 11) is 0. The minimum atomic E-state index is -0.0778. The van der Waals surface area contributed by atoms with E-state index in [1.807, 2.05) is 0 Å². The molecule has 2 unspecified atom stereocenters. The van der Waals surface area contributed by atoms with Gasteiger partial charge in [0.2, 0.25) is 0 Å². The van der Waals surface area contributed by atoms with Gasteiger partial charge in [0.15, 0.2) is 11.5 Å².